The molecule has 4 aromatic rings. The molecule has 3 aromatic heterocycles. The molecular weight excluding hydrogens is 481 g/mol. The van der Waals surface area contributed by atoms with Crippen LogP contribution in [0.3, 0.4) is 0 Å². The fourth-order valence-corrected chi connectivity index (χ4v) is 3.46. The molecule has 1 aromatic carbocycles. The van der Waals surface area contributed by atoms with E-state index in [1.807, 2.05) is 30.3 Å². The van der Waals surface area contributed by atoms with Crippen LogP contribution in [-0.2, 0) is 31.0 Å². The van der Waals surface area contributed by atoms with Crippen molar-refractivity contribution in [2.75, 3.05) is 14.2 Å². The standard InChI is InChI=1S/C19H19N3O4.C7H9FN2O/c1-26-13-17-16(19(24)25)12-22(20-17)11-15-7-5-14(6-8-15)10-21-9-3-2-4-18(21)23;1-11-6-2-3-10-5(4-9)7(6)8/h2-9,12H,10-11,13H2,1H3,(H,24,25);2-3H,4,9H2,1H3. The van der Waals surface area contributed by atoms with Gasteiger partial charge in [-0.25, -0.2) is 9.18 Å². The topological polar surface area (TPSA) is 134 Å². The number of nitrogens with zero attached hydrogens (tertiary/aromatic N) is 4. The Morgan fingerprint density at radius 1 is 1.05 bits per heavy atom. The minimum atomic E-state index is -1.02. The van der Waals surface area contributed by atoms with Gasteiger partial charge in [0, 0.05) is 44.4 Å². The number of nitrogens with two attached hydrogens (primary N) is 1. The lowest BCUT2D eigenvalue weighted by molar-refractivity contribution is 0.0691. The first-order chi connectivity index (χ1) is 17.9. The Hall–Kier alpha value is -4.35. The summed E-state index contributed by atoms with van der Waals surface area (Å²) in [6.45, 7) is 1.20. The highest BCUT2D eigenvalue weighted by Gasteiger charge is 2.15. The van der Waals surface area contributed by atoms with E-state index in [0.717, 1.165) is 11.1 Å². The largest absolute Gasteiger partial charge is 0.494 e. The SMILES string of the molecule is COCc1nn(Cc2ccc(Cn3ccccc3=O)cc2)cc1C(=O)O.COc1ccnc(CN)c1F. The van der Waals surface area contributed by atoms with Crippen LogP contribution in [0.1, 0.15) is 32.9 Å². The first-order valence-corrected chi connectivity index (χ1v) is 11.3. The molecule has 0 atom stereocenters. The van der Waals surface area contributed by atoms with Crippen molar-refractivity contribution < 1.29 is 23.8 Å². The molecule has 0 fully saturated rings. The number of carboxylic acid groups (broad SMARTS) is 1. The van der Waals surface area contributed by atoms with Gasteiger partial charge in [-0.05, 0) is 17.2 Å². The number of aromatic nitrogens is 4. The summed E-state index contributed by atoms with van der Waals surface area (Å²) in [5, 5.41) is 13.5. The van der Waals surface area contributed by atoms with E-state index in [4.69, 9.17) is 15.2 Å². The van der Waals surface area contributed by atoms with Crippen molar-refractivity contribution in [3.8, 4) is 5.75 Å². The normalized spacial score (nSPS) is 10.5. The zero-order valence-electron chi connectivity index (χ0n) is 20.5. The first kappa shape index (κ1) is 27.2. The van der Waals surface area contributed by atoms with Crippen molar-refractivity contribution in [2.45, 2.75) is 26.2 Å². The Balaban J connectivity index is 0.000000289. The van der Waals surface area contributed by atoms with Gasteiger partial charge in [0.1, 0.15) is 11.3 Å². The number of methoxy groups -OCH3 is 2. The predicted octanol–water partition coefficient (Wildman–Crippen LogP) is 2.67. The second-order valence-electron chi connectivity index (χ2n) is 7.89. The Kier molecular flexibility index (Phi) is 9.64. The number of hydrogen-bond acceptors (Lipinski definition) is 7. The summed E-state index contributed by atoms with van der Waals surface area (Å²) >= 11 is 0. The van der Waals surface area contributed by atoms with Gasteiger partial charge in [0.25, 0.3) is 5.56 Å². The zero-order chi connectivity index (χ0) is 26.8. The average molecular weight is 510 g/mol. The molecular formula is C26H28FN5O5. The van der Waals surface area contributed by atoms with E-state index < -0.39 is 11.8 Å². The number of pyridine rings is 2. The van der Waals surface area contributed by atoms with Crippen LogP contribution in [0.5, 0.6) is 5.75 Å². The van der Waals surface area contributed by atoms with Crippen LogP contribution in [0.15, 0.2) is 71.9 Å². The van der Waals surface area contributed by atoms with Crippen molar-refractivity contribution >= 4 is 5.97 Å². The minimum absolute atomic E-state index is 0.0417. The van der Waals surface area contributed by atoms with Gasteiger partial charge >= 0.3 is 5.97 Å². The number of carboxylic acids is 1. The monoisotopic (exact) mass is 509 g/mol. The Bertz CT molecular complexity index is 1360. The van der Waals surface area contributed by atoms with Gasteiger partial charge in [-0.15, -0.1) is 0 Å². The number of carbonyl (C=O) groups is 1. The molecule has 0 radical (unpaired) electrons. The molecule has 0 bridgehead atoms. The smallest absolute Gasteiger partial charge is 0.339 e. The summed E-state index contributed by atoms with van der Waals surface area (Å²) in [5.41, 5.74) is 7.94. The molecule has 10 nitrogen and oxygen atoms in total. The lowest BCUT2D eigenvalue weighted by Gasteiger charge is -2.07. The molecule has 0 aliphatic carbocycles. The molecule has 0 amide bonds. The number of halogens is 1. The first-order valence-electron chi connectivity index (χ1n) is 11.3. The maximum atomic E-state index is 13.0. The highest BCUT2D eigenvalue weighted by Crippen LogP contribution is 2.17. The number of rotatable bonds is 9. The molecule has 0 unspecified atom stereocenters. The maximum Gasteiger partial charge on any atom is 0.339 e. The molecule has 0 aliphatic heterocycles. The third kappa shape index (κ3) is 7.32. The summed E-state index contributed by atoms with van der Waals surface area (Å²) < 4.78 is 25.9. The van der Waals surface area contributed by atoms with E-state index in [0.29, 0.717) is 18.8 Å². The van der Waals surface area contributed by atoms with Gasteiger partial charge in [-0.3, -0.25) is 14.5 Å². The van der Waals surface area contributed by atoms with Crippen molar-refractivity contribution in [2.24, 2.45) is 5.73 Å². The highest BCUT2D eigenvalue weighted by molar-refractivity contribution is 5.88. The number of ether oxygens (including phenoxy) is 2. The Morgan fingerprint density at radius 2 is 1.76 bits per heavy atom. The molecule has 37 heavy (non-hydrogen) atoms. The lowest BCUT2D eigenvalue weighted by Crippen LogP contribution is -2.18. The fourth-order valence-electron chi connectivity index (χ4n) is 3.46. The van der Waals surface area contributed by atoms with Crippen LogP contribution in [-0.4, -0.2) is 44.6 Å². The average Bonchev–Trinajstić information content (AvgIpc) is 3.30. The summed E-state index contributed by atoms with van der Waals surface area (Å²) in [6, 6.07) is 14.3. The van der Waals surface area contributed by atoms with Crippen molar-refractivity contribution in [1.29, 1.82) is 0 Å². The molecule has 0 spiro atoms. The molecule has 194 valence electrons. The van der Waals surface area contributed by atoms with Gasteiger partial charge in [0.05, 0.1) is 32.5 Å². The van der Waals surface area contributed by atoms with E-state index in [1.165, 1.54) is 38.7 Å². The third-order valence-corrected chi connectivity index (χ3v) is 5.31. The van der Waals surface area contributed by atoms with E-state index in [2.05, 4.69) is 10.1 Å². The third-order valence-electron chi connectivity index (χ3n) is 5.31. The number of aromatic carboxylic acids is 1. The second kappa shape index (κ2) is 13.1. The van der Waals surface area contributed by atoms with Crippen LogP contribution >= 0.6 is 0 Å². The number of benzene rings is 1. The van der Waals surface area contributed by atoms with Gasteiger partial charge < -0.3 is 24.9 Å². The summed E-state index contributed by atoms with van der Waals surface area (Å²) in [5.74, 6) is -1.31. The van der Waals surface area contributed by atoms with E-state index in [-0.39, 0.29) is 35.7 Å². The molecule has 11 heteroatoms. The minimum Gasteiger partial charge on any atom is -0.494 e. The quantitative estimate of drug-likeness (QED) is 0.352. The Morgan fingerprint density at radius 3 is 2.35 bits per heavy atom. The van der Waals surface area contributed by atoms with Crippen molar-refractivity contribution in [3.63, 3.8) is 0 Å². The second-order valence-corrected chi connectivity index (χ2v) is 7.89. The van der Waals surface area contributed by atoms with E-state index in [9.17, 15) is 19.1 Å². The lowest BCUT2D eigenvalue weighted by atomic mass is 10.1. The van der Waals surface area contributed by atoms with Crippen molar-refractivity contribution in [3.05, 3.63) is 111 Å². The molecule has 3 N–H and O–H groups in total. The molecule has 0 saturated heterocycles. The molecule has 3 heterocycles. The van der Waals surface area contributed by atoms with Crippen molar-refractivity contribution in [1.82, 2.24) is 19.3 Å². The summed E-state index contributed by atoms with van der Waals surface area (Å²) in [7, 11) is 2.90. The Labute approximate surface area is 212 Å². The summed E-state index contributed by atoms with van der Waals surface area (Å²) in [4.78, 5) is 26.8. The molecule has 0 saturated carbocycles. The van der Waals surface area contributed by atoms with E-state index >= 15 is 0 Å². The van der Waals surface area contributed by atoms with Crippen LogP contribution in [0.2, 0.25) is 0 Å². The van der Waals surface area contributed by atoms with Gasteiger partial charge in [0.15, 0.2) is 11.6 Å². The fraction of sp³-hybridized carbons (Fsp3) is 0.231. The van der Waals surface area contributed by atoms with Crippen LogP contribution in [0.25, 0.3) is 0 Å². The van der Waals surface area contributed by atoms with Crippen LogP contribution < -0.4 is 16.0 Å². The van der Waals surface area contributed by atoms with Gasteiger partial charge in [0.2, 0.25) is 0 Å². The van der Waals surface area contributed by atoms with Crippen LogP contribution in [0, 0.1) is 5.82 Å². The van der Waals surface area contributed by atoms with Crippen LogP contribution in [0.4, 0.5) is 4.39 Å². The number of hydrogen-bond donors (Lipinski definition) is 2. The predicted molar refractivity (Wildman–Crippen MR) is 134 cm³/mol. The molecule has 0 aliphatic rings. The van der Waals surface area contributed by atoms with Gasteiger partial charge in [-0.1, -0.05) is 30.3 Å². The highest BCUT2D eigenvalue weighted by atomic mass is 19.1. The summed E-state index contributed by atoms with van der Waals surface area (Å²) in [6.07, 6.45) is 4.73. The van der Waals surface area contributed by atoms with Gasteiger partial charge in [-0.2, -0.15) is 5.10 Å². The zero-order valence-corrected chi connectivity index (χ0v) is 20.5. The maximum absolute atomic E-state index is 13.0. The van der Waals surface area contributed by atoms with E-state index in [1.54, 1.807) is 21.5 Å². The molecule has 4 rings (SSSR count).